The average Bonchev–Trinajstić information content (AvgIpc) is 2.43. The van der Waals surface area contributed by atoms with Crippen molar-refractivity contribution in [2.45, 2.75) is 0 Å². The molecule has 0 fully saturated rings. The van der Waals surface area contributed by atoms with Crippen LogP contribution >= 0.6 is 34.2 Å². The van der Waals surface area contributed by atoms with E-state index in [0.29, 0.717) is 3.57 Å². The fourth-order valence-corrected chi connectivity index (χ4v) is 2.29. The van der Waals surface area contributed by atoms with Gasteiger partial charge in [0.05, 0.1) is 5.56 Å². The van der Waals surface area contributed by atoms with Crippen molar-refractivity contribution in [3.8, 4) is 0 Å². The molecule has 0 spiro atoms. The summed E-state index contributed by atoms with van der Waals surface area (Å²) in [4.78, 5) is 12.0. The molecule has 0 aliphatic carbocycles. The van der Waals surface area contributed by atoms with E-state index in [1.165, 1.54) is 18.2 Å². The number of amides is 1. The van der Waals surface area contributed by atoms with Gasteiger partial charge in [-0.25, -0.2) is 17.6 Å². The van der Waals surface area contributed by atoms with Crippen LogP contribution < -0.4 is 5.32 Å². The Bertz CT molecular complexity index is 712. The molecule has 0 radical (unpaired) electrons. The second kappa shape index (κ2) is 6.18. The number of anilines is 1. The number of carbonyl (C=O) groups is 1. The lowest BCUT2D eigenvalue weighted by molar-refractivity contribution is 0.102. The van der Waals surface area contributed by atoms with Crippen molar-refractivity contribution in [2.75, 3.05) is 5.32 Å². The summed E-state index contributed by atoms with van der Waals surface area (Å²) in [5, 5.41) is 2.04. The number of benzene rings is 2. The third-order valence-corrected chi connectivity index (χ3v) is 3.70. The quantitative estimate of drug-likeness (QED) is 0.417. The first-order valence-electron chi connectivity index (χ1n) is 5.40. The van der Waals surface area contributed by atoms with Crippen LogP contribution in [0.4, 0.5) is 23.2 Å². The van der Waals surface area contributed by atoms with Crippen LogP contribution in [0.2, 0.25) is 5.02 Å². The molecular weight excluding hydrogens is 424 g/mol. The van der Waals surface area contributed by atoms with Crippen molar-refractivity contribution in [3.05, 3.63) is 61.7 Å². The minimum absolute atomic E-state index is 0.0200. The van der Waals surface area contributed by atoms with E-state index in [0.717, 1.165) is 0 Å². The van der Waals surface area contributed by atoms with E-state index in [2.05, 4.69) is 0 Å². The van der Waals surface area contributed by atoms with Crippen molar-refractivity contribution >= 4 is 45.8 Å². The number of halogens is 6. The van der Waals surface area contributed by atoms with Gasteiger partial charge in [0.25, 0.3) is 5.91 Å². The molecule has 0 aliphatic rings. The molecule has 2 aromatic carbocycles. The van der Waals surface area contributed by atoms with Crippen LogP contribution in [0.25, 0.3) is 0 Å². The van der Waals surface area contributed by atoms with Gasteiger partial charge in [0.15, 0.2) is 23.3 Å². The predicted octanol–water partition coefficient (Wildman–Crippen LogP) is 4.75. The average molecular weight is 430 g/mol. The molecule has 0 bridgehead atoms. The van der Waals surface area contributed by atoms with E-state index in [4.69, 9.17) is 11.6 Å². The van der Waals surface area contributed by atoms with Gasteiger partial charge >= 0.3 is 0 Å². The zero-order valence-electron chi connectivity index (χ0n) is 9.99. The number of nitrogens with one attached hydrogen (secondary N) is 1. The zero-order chi connectivity index (χ0) is 15.7. The third-order valence-electron chi connectivity index (χ3n) is 2.52. The molecule has 21 heavy (non-hydrogen) atoms. The number of carbonyl (C=O) groups excluding carboxylic acids is 1. The van der Waals surface area contributed by atoms with Crippen LogP contribution in [-0.2, 0) is 0 Å². The standard InChI is InChI=1S/C13H5ClF4INO/c14-5-1-2-9(19)6(3-5)13(21)20-12-10(17)7(15)4-8(16)11(12)18/h1-4H,(H,20,21). The highest BCUT2D eigenvalue weighted by Gasteiger charge is 2.22. The first-order valence-corrected chi connectivity index (χ1v) is 6.86. The molecule has 0 unspecified atom stereocenters. The Balaban J connectivity index is 2.43. The van der Waals surface area contributed by atoms with Crippen molar-refractivity contribution < 1.29 is 22.4 Å². The molecule has 0 aromatic heterocycles. The minimum atomic E-state index is -1.68. The summed E-state index contributed by atoms with van der Waals surface area (Å²) in [6.45, 7) is 0. The summed E-state index contributed by atoms with van der Waals surface area (Å²) in [7, 11) is 0. The van der Waals surface area contributed by atoms with Gasteiger partial charge in [-0.3, -0.25) is 4.79 Å². The molecule has 0 atom stereocenters. The lowest BCUT2D eigenvalue weighted by atomic mass is 10.2. The maximum atomic E-state index is 13.5. The molecule has 0 saturated heterocycles. The lowest BCUT2D eigenvalue weighted by Crippen LogP contribution is -2.17. The molecule has 110 valence electrons. The number of hydrogen-bond donors (Lipinski definition) is 1. The van der Waals surface area contributed by atoms with E-state index in [1.54, 1.807) is 0 Å². The van der Waals surface area contributed by atoms with Gasteiger partial charge < -0.3 is 5.32 Å². The van der Waals surface area contributed by atoms with Crippen LogP contribution in [0.1, 0.15) is 10.4 Å². The highest BCUT2D eigenvalue weighted by molar-refractivity contribution is 14.1. The van der Waals surface area contributed by atoms with Crippen molar-refractivity contribution in [3.63, 3.8) is 0 Å². The van der Waals surface area contributed by atoms with E-state index in [9.17, 15) is 22.4 Å². The second-order valence-corrected chi connectivity index (χ2v) is 5.52. The molecule has 0 aliphatic heterocycles. The first-order chi connectivity index (χ1) is 9.81. The van der Waals surface area contributed by atoms with E-state index >= 15 is 0 Å². The summed E-state index contributed by atoms with van der Waals surface area (Å²) in [5.41, 5.74) is -1.17. The highest BCUT2D eigenvalue weighted by Crippen LogP contribution is 2.26. The molecule has 1 N–H and O–H groups in total. The van der Waals surface area contributed by atoms with Crippen LogP contribution in [-0.4, -0.2) is 5.91 Å². The van der Waals surface area contributed by atoms with Crippen LogP contribution in [0.15, 0.2) is 24.3 Å². The fraction of sp³-hybridized carbons (Fsp3) is 0. The van der Waals surface area contributed by atoms with E-state index in [1.807, 2.05) is 27.9 Å². The Morgan fingerprint density at radius 3 is 2.19 bits per heavy atom. The Labute approximate surface area is 135 Å². The Morgan fingerprint density at radius 2 is 1.62 bits per heavy atom. The molecule has 1 amide bonds. The van der Waals surface area contributed by atoms with Crippen molar-refractivity contribution in [2.24, 2.45) is 0 Å². The zero-order valence-corrected chi connectivity index (χ0v) is 12.9. The van der Waals surface area contributed by atoms with E-state index < -0.39 is 34.9 Å². The molecule has 2 aromatic rings. The fourth-order valence-electron chi connectivity index (χ4n) is 1.54. The van der Waals surface area contributed by atoms with E-state index in [-0.39, 0.29) is 16.7 Å². The van der Waals surface area contributed by atoms with Crippen molar-refractivity contribution in [1.82, 2.24) is 0 Å². The highest BCUT2D eigenvalue weighted by atomic mass is 127. The summed E-state index contributed by atoms with van der Waals surface area (Å²) in [6.07, 6.45) is 0. The predicted molar refractivity (Wildman–Crippen MR) is 78.4 cm³/mol. The van der Waals surface area contributed by atoms with Crippen LogP contribution in [0.3, 0.4) is 0 Å². The largest absolute Gasteiger partial charge is 0.317 e. The summed E-state index contributed by atoms with van der Waals surface area (Å²) < 4.78 is 53.5. The Hall–Kier alpha value is -1.35. The second-order valence-electron chi connectivity index (χ2n) is 3.92. The molecular formula is C13H5ClF4INO. The maximum Gasteiger partial charge on any atom is 0.256 e. The van der Waals surface area contributed by atoms with Gasteiger partial charge in [-0.05, 0) is 40.8 Å². The topological polar surface area (TPSA) is 29.1 Å². The smallest absolute Gasteiger partial charge is 0.256 e. The maximum absolute atomic E-state index is 13.5. The van der Waals surface area contributed by atoms with Crippen LogP contribution in [0, 0.1) is 26.8 Å². The Kier molecular flexibility index (Phi) is 4.72. The van der Waals surface area contributed by atoms with Gasteiger partial charge in [0.2, 0.25) is 0 Å². The molecule has 0 heterocycles. The summed E-state index contributed by atoms with van der Waals surface area (Å²) in [6, 6.07) is 4.35. The van der Waals surface area contributed by atoms with Gasteiger partial charge in [-0.15, -0.1) is 0 Å². The molecule has 2 rings (SSSR count). The lowest BCUT2D eigenvalue weighted by Gasteiger charge is -2.10. The normalized spacial score (nSPS) is 10.6. The Morgan fingerprint density at radius 1 is 1.05 bits per heavy atom. The van der Waals surface area contributed by atoms with Gasteiger partial charge in [0, 0.05) is 14.7 Å². The number of rotatable bonds is 2. The van der Waals surface area contributed by atoms with Gasteiger partial charge in [-0.2, -0.15) is 0 Å². The first kappa shape index (κ1) is 16.0. The van der Waals surface area contributed by atoms with Gasteiger partial charge in [0.1, 0.15) is 5.69 Å². The van der Waals surface area contributed by atoms with Crippen LogP contribution in [0.5, 0.6) is 0 Å². The monoisotopic (exact) mass is 429 g/mol. The van der Waals surface area contributed by atoms with Gasteiger partial charge in [-0.1, -0.05) is 11.6 Å². The van der Waals surface area contributed by atoms with Crippen molar-refractivity contribution in [1.29, 1.82) is 0 Å². The minimum Gasteiger partial charge on any atom is -0.317 e. The SMILES string of the molecule is O=C(Nc1c(F)c(F)cc(F)c1F)c1cc(Cl)ccc1I. The summed E-state index contributed by atoms with van der Waals surface area (Å²) in [5.74, 6) is -7.52. The molecule has 8 heteroatoms. The number of hydrogen-bond acceptors (Lipinski definition) is 1. The third kappa shape index (κ3) is 3.29. The molecule has 0 saturated carbocycles. The summed E-state index contributed by atoms with van der Waals surface area (Å²) >= 11 is 7.54. The molecule has 2 nitrogen and oxygen atoms in total.